The minimum atomic E-state index is -0.287. The SMILES string of the molecule is COc1ccc(C)cc1NC(=O)N1Cc2c(sc3c2CCN(C)C3)-n2cccc2[C@H]1c1ccc(Cl)cc1. The number of hydrogen-bond acceptors (Lipinski definition) is 4. The van der Waals surface area contributed by atoms with Crippen molar-refractivity contribution in [3.8, 4) is 10.8 Å². The molecule has 2 aliphatic heterocycles. The summed E-state index contributed by atoms with van der Waals surface area (Å²) in [5, 5.41) is 5.05. The van der Waals surface area contributed by atoms with Gasteiger partial charge in [-0.2, -0.15) is 0 Å². The van der Waals surface area contributed by atoms with Crippen LogP contribution in [0.4, 0.5) is 10.5 Å². The Morgan fingerprint density at radius 2 is 1.92 bits per heavy atom. The van der Waals surface area contributed by atoms with Crippen LogP contribution in [0.5, 0.6) is 5.75 Å². The number of nitrogens with one attached hydrogen (secondary N) is 1. The molecule has 4 heterocycles. The second kappa shape index (κ2) is 9.56. The molecule has 6 nitrogen and oxygen atoms in total. The quantitative estimate of drug-likeness (QED) is 0.322. The number of ether oxygens (including phenoxy) is 1. The number of amides is 2. The molecule has 2 aliphatic rings. The van der Waals surface area contributed by atoms with Crippen LogP contribution in [0.15, 0.2) is 60.8 Å². The standard InChI is InChI=1S/C29H29ClN4O2S/c1-18-6-11-25(36-3)23(15-18)31-29(35)34-16-22-21-12-14-32(2)17-26(21)37-28(22)33-13-4-5-24(33)27(34)19-7-9-20(30)10-8-19/h4-11,13,15,27H,12,14,16-17H2,1-3H3,(H,31,35)/t27-/m1/s1. The summed E-state index contributed by atoms with van der Waals surface area (Å²) in [6, 6.07) is 17.4. The number of rotatable bonds is 3. The van der Waals surface area contributed by atoms with Crippen LogP contribution in [0.1, 0.15) is 38.9 Å². The number of urea groups is 1. The second-order valence-corrected chi connectivity index (χ2v) is 11.3. The van der Waals surface area contributed by atoms with Gasteiger partial charge in [-0.05, 0) is 73.5 Å². The van der Waals surface area contributed by atoms with Gasteiger partial charge in [-0.25, -0.2) is 4.79 Å². The molecular weight excluding hydrogens is 504 g/mol. The van der Waals surface area contributed by atoms with Crippen molar-refractivity contribution in [3.05, 3.63) is 98.6 Å². The highest BCUT2D eigenvalue weighted by molar-refractivity contribution is 7.15. The molecule has 2 amide bonds. The molecule has 0 saturated carbocycles. The Bertz CT molecular complexity index is 1480. The molecule has 0 radical (unpaired) electrons. The predicted molar refractivity (Wildman–Crippen MR) is 149 cm³/mol. The Hall–Kier alpha value is -3.26. The fourth-order valence-electron chi connectivity index (χ4n) is 5.45. The average molecular weight is 533 g/mol. The minimum Gasteiger partial charge on any atom is -0.495 e. The lowest BCUT2D eigenvalue weighted by Gasteiger charge is -2.32. The first-order chi connectivity index (χ1) is 17.9. The van der Waals surface area contributed by atoms with E-state index in [1.54, 1.807) is 7.11 Å². The van der Waals surface area contributed by atoms with Crippen LogP contribution in [-0.4, -0.2) is 41.1 Å². The zero-order valence-electron chi connectivity index (χ0n) is 21.1. The van der Waals surface area contributed by atoms with E-state index in [1.165, 1.54) is 21.0 Å². The summed E-state index contributed by atoms with van der Waals surface area (Å²) in [6.07, 6.45) is 3.11. The van der Waals surface area contributed by atoms with Crippen molar-refractivity contribution < 1.29 is 9.53 Å². The molecule has 1 N–H and O–H groups in total. The van der Waals surface area contributed by atoms with Crippen molar-refractivity contribution >= 4 is 34.7 Å². The van der Waals surface area contributed by atoms with Gasteiger partial charge in [-0.1, -0.05) is 29.8 Å². The maximum absolute atomic E-state index is 14.2. The first kappa shape index (κ1) is 24.1. The van der Waals surface area contributed by atoms with E-state index in [-0.39, 0.29) is 12.1 Å². The lowest BCUT2D eigenvalue weighted by Crippen LogP contribution is -2.38. The largest absolute Gasteiger partial charge is 0.495 e. The van der Waals surface area contributed by atoms with E-state index in [4.69, 9.17) is 16.3 Å². The number of methoxy groups -OCH3 is 1. The number of fused-ring (bicyclic) bond motifs is 5. The molecule has 6 rings (SSSR count). The Balaban J connectivity index is 1.49. The number of carbonyl (C=O) groups excluding carboxylic acids is 1. The zero-order chi connectivity index (χ0) is 25.7. The first-order valence-electron chi connectivity index (χ1n) is 12.4. The number of thiophene rings is 1. The van der Waals surface area contributed by atoms with Crippen LogP contribution < -0.4 is 10.1 Å². The number of halogens is 1. The maximum atomic E-state index is 14.2. The van der Waals surface area contributed by atoms with Crippen molar-refractivity contribution in [2.24, 2.45) is 0 Å². The Morgan fingerprint density at radius 1 is 1.11 bits per heavy atom. The number of hydrogen-bond donors (Lipinski definition) is 1. The summed E-state index contributed by atoms with van der Waals surface area (Å²) in [5.74, 6) is 0.636. The summed E-state index contributed by atoms with van der Waals surface area (Å²) in [7, 11) is 3.79. The normalized spacial score (nSPS) is 17.0. The summed E-state index contributed by atoms with van der Waals surface area (Å²) >= 11 is 8.10. The van der Waals surface area contributed by atoms with Crippen molar-refractivity contribution in [1.82, 2.24) is 14.4 Å². The van der Waals surface area contributed by atoms with Gasteiger partial charge in [-0.3, -0.25) is 0 Å². The van der Waals surface area contributed by atoms with E-state index >= 15 is 0 Å². The zero-order valence-corrected chi connectivity index (χ0v) is 22.7. The van der Waals surface area contributed by atoms with Crippen LogP contribution in [0.3, 0.4) is 0 Å². The van der Waals surface area contributed by atoms with E-state index in [2.05, 4.69) is 40.2 Å². The predicted octanol–water partition coefficient (Wildman–Crippen LogP) is 6.63. The van der Waals surface area contributed by atoms with Crippen LogP contribution in [0, 0.1) is 6.92 Å². The number of likely N-dealkylation sites (N-methyl/N-ethyl adjacent to an activating group) is 1. The highest BCUT2D eigenvalue weighted by Crippen LogP contribution is 2.44. The highest BCUT2D eigenvalue weighted by Gasteiger charge is 2.36. The molecule has 190 valence electrons. The third-order valence-corrected chi connectivity index (χ3v) is 8.81. The van der Waals surface area contributed by atoms with Crippen LogP contribution >= 0.6 is 22.9 Å². The summed E-state index contributed by atoms with van der Waals surface area (Å²) in [6.45, 7) is 4.48. The van der Waals surface area contributed by atoms with Gasteiger partial charge >= 0.3 is 6.03 Å². The van der Waals surface area contributed by atoms with Gasteiger partial charge in [0, 0.05) is 34.7 Å². The molecule has 2 aromatic heterocycles. The highest BCUT2D eigenvalue weighted by atomic mass is 35.5. The summed E-state index contributed by atoms with van der Waals surface area (Å²) < 4.78 is 7.83. The van der Waals surface area contributed by atoms with E-state index in [1.807, 2.05) is 65.6 Å². The fraction of sp³-hybridized carbons (Fsp3) is 0.276. The number of aryl methyl sites for hydroxylation is 1. The number of benzene rings is 2. The third-order valence-electron chi connectivity index (χ3n) is 7.30. The van der Waals surface area contributed by atoms with Crippen LogP contribution in [0.2, 0.25) is 5.02 Å². The van der Waals surface area contributed by atoms with E-state index < -0.39 is 0 Å². The molecule has 2 aromatic carbocycles. The molecule has 0 spiro atoms. The number of anilines is 1. The summed E-state index contributed by atoms with van der Waals surface area (Å²) in [5.41, 5.74) is 6.41. The van der Waals surface area contributed by atoms with Crippen molar-refractivity contribution in [1.29, 1.82) is 0 Å². The molecule has 0 fully saturated rings. The van der Waals surface area contributed by atoms with Crippen molar-refractivity contribution in [3.63, 3.8) is 0 Å². The van der Waals surface area contributed by atoms with Gasteiger partial charge in [0.1, 0.15) is 10.8 Å². The van der Waals surface area contributed by atoms with Gasteiger partial charge in [-0.15, -0.1) is 11.3 Å². The maximum Gasteiger partial charge on any atom is 0.323 e. The first-order valence-corrected chi connectivity index (χ1v) is 13.6. The van der Waals surface area contributed by atoms with E-state index in [0.717, 1.165) is 36.3 Å². The molecule has 0 bridgehead atoms. The Morgan fingerprint density at radius 3 is 2.70 bits per heavy atom. The molecule has 4 aromatic rings. The molecule has 0 unspecified atom stereocenters. The Kier molecular flexibility index (Phi) is 6.23. The van der Waals surface area contributed by atoms with Crippen LogP contribution in [0.25, 0.3) is 5.00 Å². The number of aromatic nitrogens is 1. The van der Waals surface area contributed by atoms with Gasteiger partial charge in [0.25, 0.3) is 0 Å². The van der Waals surface area contributed by atoms with Gasteiger partial charge in [0.2, 0.25) is 0 Å². The van der Waals surface area contributed by atoms with Gasteiger partial charge < -0.3 is 24.4 Å². The minimum absolute atomic E-state index is 0.169. The smallest absolute Gasteiger partial charge is 0.323 e. The van der Waals surface area contributed by atoms with Crippen molar-refractivity contribution in [2.75, 3.05) is 26.0 Å². The number of nitrogens with zero attached hydrogens (tertiary/aromatic N) is 3. The lowest BCUT2D eigenvalue weighted by molar-refractivity contribution is 0.194. The van der Waals surface area contributed by atoms with Crippen molar-refractivity contribution in [2.45, 2.75) is 32.5 Å². The van der Waals surface area contributed by atoms with Gasteiger partial charge in [0.05, 0.1) is 31.1 Å². The average Bonchev–Trinajstić information content (AvgIpc) is 3.46. The second-order valence-electron chi connectivity index (χ2n) is 9.79. The topological polar surface area (TPSA) is 49.7 Å². The molecule has 0 aliphatic carbocycles. The lowest BCUT2D eigenvalue weighted by atomic mass is 10.0. The molecule has 1 atom stereocenters. The Labute approximate surface area is 226 Å². The van der Waals surface area contributed by atoms with Gasteiger partial charge in [0.15, 0.2) is 0 Å². The van der Waals surface area contributed by atoms with E-state index in [9.17, 15) is 4.79 Å². The molecular formula is C29H29ClN4O2S. The monoisotopic (exact) mass is 532 g/mol. The number of carbonyl (C=O) groups is 1. The molecule has 8 heteroatoms. The molecule has 0 saturated heterocycles. The fourth-order valence-corrected chi connectivity index (χ4v) is 7.02. The summed E-state index contributed by atoms with van der Waals surface area (Å²) in [4.78, 5) is 19.9. The van der Waals surface area contributed by atoms with E-state index in [0.29, 0.717) is 23.0 Å². The van der Waals surface area contributed by atoms with Crippen LogP contribution in [-0.2, 0) is 19.5 Å². The molecule has 37 heavy (non-hydrogen) atoms. The third kappa shape index (κ3) is 4.31.